The van der Waals surface area contributed by atoms with Gasteiger partial charge in [-0.15, -0.1) is 0 Å². The molecule has 1 N–H and O–H groups in total. The Hall–Kier alpha value is -2.08. The van der Waals surface area contributed by atoms with Gasteiger partial charge in [0.1, 0.15) is 0 Å². The summed E-state index contributed by atoms with van der Waals surface area (Å²) in [4.78, 5) is 4.12. The molecule has 1 aromatic heterocycles. The first-order valence-corrected chi connectivity index (χ1v) is 5.94. The van der Waals surface area contributed by atoms with E-state index in [1.165, 1.54) is 0 Å². The Bertz CT molecular complexity index is 540. The zero-order valence-electron chi connectivity index (χ0n) is 11.3. The van der Waals surface area contributed by atoms with Crippen LogP contribution in [0.25, 0.3) is 0 Å². The van der Waals surface area contributed by atoms with Crippen molar-refractivity contribution in [1.82, 2.24) is 15.5 Å². The molecule has 0 spiro atoms. The Morgan fingerprint density at radius 3 is 2.68 bits per heavy atom. The second-order valence-electron chi connectivity index (χ2n) is 3.99. The summed E-state index contributed by atoms with van der Waals surface area (Å²) in [5.41, 5.74) is 1.01. The molecule has 1 heterocycles. The van der Waals surface area contributed by atoms with Crippen LogP contribution in [0.3, 0.4) is 0 Å². The molecule has 0 aliphatic rings. The third-order valence-corrected chi connectivity index (χ3v) is 2.65. The highest BCUT2D eigenvalue weighted by atomic mass is 16.5. The van der Waals surface area contributed by atoms with Crippen LogP contribution in [0.2, 0.25) is 0 Å². The van der Waals surface area contributed by atoms with E-state index in [4.69, 9.17) is 14.0 Å². The average Bonchev–Trinajstić information content (AvgIpc) is 2.84. The molecule has 0 fully saturated rings. The molecule has 2 aromatic rings. The van der Waals surface area contributed by atoms with E-state index >= 15 is 0 Å². The van der Waals surface area contributed by atoms with Crippen molar-refractivity contribution in [2.75, 3.05) is 14.2 Å². The molecule has 6 heteroatoms. The third kappa shape index (κ3) is 3.23. The summed E-state index contributed by atoms with van der Waals surface area (Å²) in [6, 6.07) is 5.77. The minimum absolute atomic E-state index is 0.515. The number of rotatable bonds is 6. The van der Waals surface area contributed by atoms with Gasteiger partial charge in [0.05, 0.1) is 20.8 Å². The number of aromatic nitrogens is 2. The van der Waals surface area contributed by atoms with E-state index < -0.39 is 0 Å². The zero-order valence-corrected chi connectivity index (χ0v) is 11.3. The van der Waals surface area contributed by atoms with E-state index in [9.17, 15) is 0 Å². The fraction of sp³-hybridized carbons (Fsp3) is 0.385. The first-order chi connectivity index (χ1) is 9.24. The second-order valence-corrected chi connectivity index (χ2v) is 3.99. The molecular formula is C13H17N3O3. The lowest BCUT2D eigenvalue weighted by Gasteiger charge is -2.12. The summed E-state index contributed by atoms with van der Waals surface area (Å²) >= 11 is 0. The van der Waals surface area contributed by atoms with Gasteiger partial charge in [-0.05, 0) is 13.0 Å². The number of nitrogens with one attached hydrogen (secondary N) is 1. The van der Waals surface area contributed by atoms with E-state index in [-0.39, 0.29) is 0 Å². The molecule has 0 radical (unpaired) electrons. The van der Waals surface area contributed by atoms with Gasteiger partial charge in [-0.25, -0.2) is 0 Å². The van der Waals surface area contributed by atoms with Gasteiger partial charge in [-0.3, -0.25) is 0 Å². The summed E-state index contributed by atoms with van der Waals surface area (Å²) in [5, 5.41) is 6.96. The topological polar surface area (TPSA) is 69.4 Å². The molecule has 0 aliphatic carbocycles. The van der Waals surface area contributed by atoms with Gasteiger partial charge < -0.3 is 19.3 Å². The van der Waals surface area contributed by atoms with Gasteiger partial charge in [-0.1, -0.05) is 17.3 Å². The Labute approximate surface area is 111 Å². The molecule has 0 amide bonds. The quantitative estimate of drug-likeness (QED) is 0.855. The fourth-order valence-electron chi connectivity index (χ4n) is 1.81. The summed E-state index contributed by atoms with van der Waals surface area (Å²) in [6.45, 7) is 2.93. The molecule has 102 valence electrons. The zero-order chi connectivity index (χ0) is 13.7. The Morgan fingerprint density at radius 2 is 2.05 bits per heavy atom. The highest BCUT2D eigenvalue weighted by Gasteiger charge is 2.09. The van der Waals surface area contributed by atoms with Crippen molar-refractivity contribution in [3.8, 4) is 11.5 Å². The number of hydrogen-bond acceptors (Lipinski definition) is 6. The second kappa shape index (κ2) is 6.19. The fourth-order valence-corrected chi connectivity index (χ4v) is 1.81. The van der Waals surface area contributed by atoms with Crippen molar-refractivity contribution in [3.05, 3.63) is 35.5 Å². The van der Waals surface area contributed by atoms with Crippen molar-refractivity contribution in [2.24, 2.45) is 0 Å². The number of ether oxygens (including phenoxy) is 2. The Morgan fingerprint density at radius 1 is 1.21 bits per heavy atom. The third-order valence-electron chi connectivity index (χ3n) is 2.65. The van der Waals surface area contributed by atoms with Gasteiger partial charge in [0.15, 0.2) is 17.3 Å². The normalized spacial score (nSPS) is 10.5. The number of methoxy groups -OCH3 is 2. The number of aryl methyl sites for hydroxylation is 1. The van der Waals surface area contributed by atoms with Crippen molar-refractivity contribution >= 4 is 0 Å². The average molecular weight is 263 g/mol. The van der Waals surface area contributed by atoms with Crippen molar-refractivity contribution in [1.29, 1.82) is 0 Å². The molecule has 0 saturated carbocycles. The number of nitrogens with zero attached hydrogens (tertiary/aromatic N) is 2. The number of benzene rings is 1. The van der Waals surface area contributed by atoms with E-state index in [1.54, 1.807) is 21.1 Å². The molecule has 0 bridgehead atoms. The minimum atomic E-state index is 0.515. The Kier molecular flexibility index (Phi) is 4.35. The van der Waals surface area contributed by atoms with Gasteiger partial charge in [-0.2, -0.15) is 4.98 Å². The lowest BCUT2D eigenvalue weighted by Crippen LogP contribution is -2.13. The summed E-state index contributed by atoms with van der Waals surface area (Å²) < 4.78 is 15.6. The monoisotopic (exact) mass is 263 g/mol. The molecule has 0 aliphatic heterocycles. The summed E-state index contributed by atoms with van der Waals surface area (Å²) in [5.74, 6) is 2.66. The summed E-state index contributed by atoms with van der Waals surface area (Å²) in [7, 11) is 3.25. The van der Waals surface area contributed by atoms with Crippen LogP contribution in [-0.4, -0.2) is 24.4 Å². The molecule has 0 saturated heterocycles. The highest BCUT2D eigenvalue weighted by Crippen LogP contribution is 2.30. The van der Waals surface area contributed by atoms with Crippen LogP contribution >= 0.6 is 0 Å². The molecule has 19 heavy (non-hydrogen) atoms. The lowest BCUT2D eigenvalue weighted by molar-refractivity contribution is 0.347. The maximum atomic E-state index is 5.36. The van der Waals surface area contributed by atoms with Gasteiger partial charge >= 0.3 is 0 Å². The standard InChI is InChI=1S/C13H17N3O3/c1-9-15-12(19-16-9)8-14-7-10-5-4-6-11(17-2)13(10)18-3/h4-6,14H,7-8H2,1-3H3. The predicted molar refractivity (Wildman–Crippen MR) is 69.1 cm³/mol. The molecule has 6 nitrogen and oxygen atoms in total. The summed E-state index contributed by atoms with van der Waals surface area (Å²) in [6.07, 6.45) is 0. The van der Waals surface area contributed by atoms with Crippen molar-refractivity contribution in [3.63, 3.8) is 0 Å². The predicted octanol–water partition coefficient (Wildman–Crippen LogP) is 1.69. The number of hydrogen-bond donors (Lipinski definition) is 1. The largest absolute Gasteiger partial charge is 0.493 e. The Balaban J connectivity index is 1.99. The molecule has 0 atom stereocenters. The number of para-hydroxylation sites is 1. The molecule has 2 rings (SSSR count). The molecular weight excluding hydrogens is 246 g/mol. The van der Waals surface area contributed by atoms with Gasteiger partial charge in [0, 0.05) is 12.1 Å². The van der Waals surface area contributed by atoms with Crippen molar-refractivity contribution < 1.29 is 14.0 Å². The SMILES string of the molecule is COc1cccc(CNCc2nc(C)no2)c1OC. The van der Waals surface area contributed by atoms with Crippen LogP contribution in [-0.2, 0) is 13.1 Å². The van der Waals surface area contributed by atoms with E-state index in [0.29, 0.717) is 24.8 Å². The smallest absolute Gasteiger partial charge is 0.240 e. The van der Waals surface area contributed by atoms with Crippen LogP contribution in [0.5, 0.6) is 11.5 Å². The highest BCUT2D eigenvalue weighted by molar-refractivity contribution is 5.46. The van der Waals surface area contributed by atoms with E-state index in [2.05, 4.69) is 15.5 Å². The minimum Gasteiger partial charge on any atom is -0.493 e. The van der Waals surface area contributed by atoms with Crippen LogP contribution in [0.15, 0.2) is 22.7 Å². The van der Waals surface area contributed by atoms with Crippen molar-refractivity contribution in [2.45, 2.75) is 20.0 Å². The lowest BCUT2D eigenvalue weighted by atomic mass is 10.2. The maximum Gasteiger partial charge on any atom is 0.240 e. The first-order valence-electron chi connectivity index (χ1n) is 5.94. The van der Waals surface area contributed by atoms with Gasteiger partial charge in [0.25, 0.3) is 0 Å². The van der Waals surface area contributed by atoms with E-state index in [0.717, 1.165) is 17.1 Å². The van der Waals surface area contributed by atoms with Crippen LogP contribution in [0.4, 0.5) is 0 Å². The van der Waals surface area contributed by atoms with Crippen LogP contribution in [0, 0.1) is 6.92 Å². The van der Waals surface area contributed by atoms with Gasteiger partial charge in [0.2, 0.25) is 5.89 Å². The van der Waals surface area contributed by atoms with Crippen LogP contribution in [0.1, 0.15) is 17.3 Å². The van der Waals surface area contributed by atoms with E-state index in [1.807, 2.05) is 18.2 Å². The van der Waals surface area contributed by atoms with Crippen LogP contribution < -0.4 is 14.8 Å². The molecule has 0 unspecified atom stereocenters. The first kappa shape index (κ1) is 13.4. The molecule has 1 aromatic carbocycles. The maximum absolute atomic E-state index is 5.36.